The molecule has 9 rings (SSSR count). The third-order valence-electron chi connectivity index (χ3n) is 9.61. The molecule has 242 valence electrons. The molecule has 7 aromatic carbocycles. The number of rotatable bonds is 7. The summed E-state index contributed by atoms with van der Waals surface area (Å²) in [6, 6.07) is 62.8. The quantitative estimate of drug-likeness (QED) is 0.171. The minimum absolute atomic E-state index is 0.727. The smallest absolute Gasteiger partial charge is 0.159 e. The van der Waals surface area contributed by atoms with Gasteiger partial charge in [-0.3, -0.25) is 0 Å². The molecule has 0 amide bonds. The lowest BCUT2D eigenvalue weighted by Gasteiger charge is -2.26. The van der Waals surface area contributed by atoms with Crippen LogP contribution in [0.2, 0.25) is 0 Å². The van der Waals surface area contributed by atoms with Crippen LogP contribution >= 0.6 is 0 Å². The summed E-state index contributed by atoms with van der Waals surface area (Å²) in [5.74, 6) is 0.727. The van der Waals surface area contributed by atoms with Gasteiger partial charge in [-0.05, 0) is 114 Å². The second-order valence-corrected chi connectivity index (χ2v) is 12.8. The lowest BCUT2D eigenvalue weighted by molar-refractivity contribution is 1.16. The van der Waals surface area contributed by atoms with Crippen LogP contribution in [0.3, 0.4) is 0 Å². The Balaban J connectivity index is 1.07. The summed E-state index contributed by atoms with van der Waals surface area (Å²) in [6.07, 6.45) is 3.55. The average molecular weight is 655 g/mol. The molecule has 0 bridgehead atoms. The third-order valence-corrected chi connectivity index (χ3v) is 9.61. The predicted molar refractivity (Wildman–Crippen MR) is 212 cm³/mol. The fourth-order valence-corrected chi connectivity index (χ4v) is 7.02. The van der Waals surface area contributed by atoms with Crippen LogP contribution in [-0.4, -0.2) is 14.5 Å². The van der Waals surface area contributed by atoms with Gasteiger partial charge in [0.25, 0.3) is 0 Å². The van der Waals surface area contributed by atoms with E-state index in [1.54, 1.807) is 12.4 Å². The number of para-hydroxylation sites is 1. The summed E-state index contributed by atoms with van der Waals surface area (Å²) < 4.78 is 2.34. The van der Waals surface area contributed by atoms with Crippen molar-refractivity contribution < 1.29 is 0 Å². The monoisotopic (exact) mass is 654 g/mol. The van der Waals surface area contributed by atoms with E-state index in [0.29, 0.717) is 0 Å². The van der Waals surface area contributed by atoms with Gasteiger partial charge < -0.3 is 9.47 Å². The summed E-state index contributed by atoms with van der Waals surface area (Å²) in [7, 11) is 0. The zero-order valence-electron chi connectivity index (χ0n) is 28.2. The van der Waals surface area contributed by atoms with Gasteiger partial charge in [-0.15, -0.1) is 0 Å². The fourth-order valence-electron chi connectivity index (χ4n) is 7.02. The maximum Gasteiger partial charge on any atom is 0.159 e. The Morgan fingerprint density at radius 3 is 1.59 bits per heavy atom. The van der Waals surface area contributed by atoms with Gasteiger partial charge in [0.1, 0.15) is 0 Å². The molecular formula is C47H34N4. The molecule has 0 spiro atoms. The van der Waals surface area contributed by atoms with Crippen LogP contribution in [0, 0.1) is 6.92 Å². The van der Waals surface area contributed by atoms with E-state index >= 15 is 0 Å². The first-order valence-corrected chi connectivity index (χ1v) is 17.2. The average Bonchev–Trinajstić information content (AvgIpc) is 3.54. The van der Waals surface area contributed by atoms with Crippen LogP contribution in [0.1, 0.15) is 5.56 Å². The minimum atomic E-state index is 0.727. The Hall–Kier alpha value is -6.78. The van der Waals surface area contributed by atoms with Gasteiger partial charge in [0, 0.05) is 51.5 Å². The Morgan fingerprint density at radius 2 is 0.922 bits per heavy atom. The van der Waals surface area contributed by atoms with Crippen LogP contribution in [0.4, 0.5) is 17.1 Å². The Labute approximate surface area is 297 Å². The van der Waals surface area contributed by atoms with E-state index < -0.39 is 0 Å². The van der Waals surface area contributed by atoms with Crippen LogP contribution in [0.25, 0.3) is 61.1 Å². The number of aromatic nitrogens is 3. The van der Waals surface area contributed by atoms with Gasteiger partial charge in [-0.1, -0.05) is 96.6 Å². The summed E-state index contributed by atoms with van der Waals surface area (Å²) >= 11 is 0. The van der Waals surface area contributed by atoms with E-state index in [0.717, 1.165) is 34.1 Å². The van der Waals surface area contributed by atoms with Crippen LogP contribution < -0.4 is 4.90 Å². The fraction of sp³-hybridized carbons (Fsp3) is 0.0213. The van der Waals surface area contributed by atoms with Crippen molar-refractivity contribution in [2.75, 3.05) is 4.90 Å². The molecule has 0 fully saturated rings. The van der Waals surface area contributed by atoms with E-state index in [2.05, 4.69) is 196 Å². The highest BCUT2D eigenvalue weighted by Crippen LogP contribution is 2.39. The van der Waals surface area contributed by atoms with Gasteiger partial charge >= 0.3 is 0 Å². The molecule has 2 aromatic heterocycles. The van der Waals surface area contributed by atoms with E-state index in [-0.39, 0.29) is 0 Å². The molecule has 0 N–H and O–H groups in total. The molecular weight excluding hydrogens is 621 g/mol. The molecule has 0 saturated heterocycles. The molecule has 0 aliphatic heterocycles. The number of hydrogen-bond acceptors (Lipinski definition) is 3. The van der Waals surface area contributed by atoms with Crippen molar-refractivity contribution >= 4 is 38.9 Å². The SMILES string of the molecule is Cc1ccc(N(c2ccc(-c3ccccc3)cc2)c2ccc(-c3ccc4c(c3)c3ccccc3n4-c3ccc(-c4ncccn4)cc3)cc2)cc1. The molecule has 9 aromatic rings. The molecule has 0 radical (unpaired) electrons. The largest absolute Gasteiger partial charge is 0.311 e. The van der Waals surface area contributed by atoms with E-state index in [1.807, 2.05) is 6.07 Å². The van der Waals surface area contributed by atoms with Crippen LogP contribution in [0.5, 0.6) is 0 Å². The van der Waals surface area contributed by atoms with Crippen molar-refractivity contribution in [1.82, 2.24) is 14.5 Å². The zero-order valence-corrected chi connectivity index (χ0v) is 28.2. The summed E-state index contributed by atoms with van der Waals surface area (Å²) in [6.45, 7) is 2.13. The van der Waals surface area contributed by atoms with Gasteiger partial charge in [0.05, 0.1) is 11.0 Å². The maximum atomic E-state index is 4.42. The lowest BCUT2D eigenvalue weighted by atomic mass is 10.0. The highest BCUT2D eigenvalue weighted by atomic mass is 15.1. The predicted octanol–water partition coefficient (Wildman–Crippen LogP) is 12.4. The normalized spacial score (nSPS) is 11.2. The first-order chi connectivity index (χ1) is 25.2. The van der Waals surface area contributed by atoms with E-state index in [4.69, 9.17) is 0 Å². The topological polar surface area (TPSA) is 34.0 Å². The number of nitrogens with zero attached hydrogens (tertiary/aromatic N) is 4. The highest BCUT2D eigenvalue weighted by Gasteiger charge is 2.16. The zero-order chi connectivity index (χ0) is 34.1. The summed E-state index contributed by atoms with van der Waals surface area (Å²) in [5, 5.41) is 2.45. The first-order valence-electron chi connectivity index (χ1n) is 17.2. The van der Waals surface area contributed by atoms with Gasteiger partial charge in [-0.2, -0.15) is 0 Å². The van der Waals surface area contributed by atoms with Crippen molar-refractivity contribution in [3.63, 3.8) is 0 Å². The Kier molecular flexibility index (Phi) is 7.67. The molecule has 4 heteroatoms. The third kappa shape index (κ3) is 5.73. The molecule has 0 atom stereocenters. The molecule has 51 heavy (non-hydrogen) atoms. The van der Waals surface area contributed by atoms with E-state index in [1.165, 1.54) is 49.6 Å². The van der Waals surface area contributed by atoms with Gasteiger partial charge in [0.15, 0.2) is 5.82 Å². The second kappa shape index (κ2) is 12.9. The van der Waals surface area contributed by atoms with Crippen molar-refractivity contribution in [3.05, 3.63) is 194 Å². The van der Waals surface area contributed by atoms with Gasteiger partial charge in [-0.25, -0.2) is 9.97 Å². The first kappa shape index (κ1) is 30.3. The molecule has 0 unspecified atom stereocenters. The Bertz CT molecular complexity index is 2590. The molecule has 2 heterocycles. The van der Waals surface area contributed by atoms with Crippen LogP contribution in [-0.2, 0) is 0 Å². The van der Waals surface area contributed by atoms with Crippen molar-refractivity contribution in [3.8, 4) is 39.3 Å². The second-order valence-electron chi connectivity index (χ2n) is 12.8. The summed E-state index contributed by atoms with van der Waals surface area (Å²) in [5.41, 5.74) is 13.8. The molecule has 4 nitrogen and oxygen atoms in total. The van der Waals surface area contributed by atoms with Crippen molar-refractivity contribution in [1.29, 1.82) is 0 Å². The van der Waals surface area contributed by atoms with E-state index in [9.17, 15) is 0 Å². The Morgan fingerprint density at radius 1 is 0.412 bits per heavy atom. The van der Waals surface area contributed by atoms with Crippen LogP contribution in [0.15, 0.2) is 188 Å². The van der Waals surface area contributed by atoms with Gasteiger partial charge in [0.2, 0.25) is 0 Å². The molecule has 0 saturated carbocycles. The summed E-state index contributed by atoms with van der Waals surface area (Å²) in [4.78, 5) is 11.2. The van der Waals surface area contributed by atoms with Crippen molar-refractivity contribution in [2.24, 2.45) is 0 Å². The molecule has 0 aliphatic carbocycles. The minimum Gasteiger partial charge on any atom is -0.311 e. The number of hydrogen-bond donors (Lipinski definition) is 0. The number of fused-ring (bicyclic) bond motifs is 3. The maximum absolute atomic E-state index is 4.42. The highest BCUT2D eigenvalue weighted by molar-refractivity contribution is 6.10. The van der Waals surface area contributed by atoms with Crippen molar-refractivity contribution in [2.45, 2.75) is 6.92 Å². The molecule has 0 aliphatic rings. The number of benzene rings is 7. The number of aryl methyl sites for hydroxylation is 1. The standard InChI is InChI=1S/C47H34N4/c1-33-12-21-39(22-13-33)50(40-23-14-35(15-24-40)34-8-3-2-4-9-34)41-25-16-36(17-26-41)38-20-29-46-44(32-38)43-10-5-6-11-45(43)51(46)42-27-18-37(19-28-42)47-48-30-7-31-49-47/h2-32H,1H3. The lowest BCUT2D eigenvalue weighted by Crippen LogP contribution is -2.09. The number of anilines is 3.